The molecule has 2 aromatic carbocycles. The predicted octanol–water partition coefficient (Wildman–Crippen LogP) is 3.42. The van der Waals surface area contributed by atoms with Gasteiger partial charge in [0.15, 0.2) is 0 Å². The molecule has 4 heterocycles. The Bertz CT molecular complexity index is 1020. The first-order valence-corrected chi connectivity index (χ1v) is 9.28. The van der Waals surface area contributed by atoms with Crippen LogP contribution in [-0.2, 0) is 12.0 Å². The van der Waals surface area contributed by atoms with Crippen LogP contribution in [0.3, 0.4) is 0 Å². The van der Waals surface area contributed by atoms with E-state index >= 15 is 0 Å². The first-order valence-electron chi connectivity index (χ1n) is 9.28. The van der Waals surface area contributed by atoms with Gasteiger partial charge in [0, 0.05) is 19.2 Å². The molecule has 4 heteroatoms. The molecule has 1 fully saturated rings. The summed E-state index contributed by atoms with van der Waals surface area (Å²) in [6.07, 6.45) is 3.17. The number of fused-ring (bicyclic) bond motifs is 8. The van der Waals surface area contributed by atoms with Crippen molar-refractivity contribution in [3.63, 3.8) is 0 Å². The van der Waals surface area contributed by atoms with Crippen molar-refractivity contribution in [2.45, 2.75) is 12.0 Å². The lowest BCUT2D eigenvalue weighted by atomic mass is 9.84. The third-order valence-corrected chi connectivity index (χ3v) is 5.93. The van der Waals surface area contributed by atoms with Crippen LogP contribution in [0.1, 0.15) is 11.3 Å². The number of hydrogen-bond donors (Lipinski definition) is 0. The van der Waals surface area contributed by atoms with Gasteiger partial charge in [-0.3, -0.25) is 9.89 Å². The first kappa shape index (κ1) is 14.2. The molecule has 3 aromatic rings. The lowest BCUT2D eigenvalue weighted by Crippen LogP contribution is -2.51. The molecule has 0 N–H and O–H groups in total. The van der Waals surface area contributed by atoms with E-state index in [0.717, 1.165) is 32.0 Å². The van der Waals surface area contributed by atoms with Crippen LogP contribution < -0.4 is 4.90 Å². The number of guanidine groups is 1. The maximum absolute atomic E-state index is 4.88. The van der Waals surface area contributed by atoms with E-state index in [1.807, 2.05) is 0 Å². The zero-order valence-electron chi connectivity index (χ0n) is 14.5. The topological polar surface area (TPSA) is 23.8 Å². The Labute approximate surface area is 153 Å². The van der Waals surface area contributed by atoms with E-state index in [4.69, 9.17) is 4.99 Å². The van der Waals surface area contributed by atoms with Crippen LogP contribution in [0.15, 0.2) is 77.9 Å². The highest BCUT2D eigenvalue weighted by Crippen LogP contribution is 2.49. The second-order valence-corrected chi connectivity index (χ2v) is 7.38. The van der Waals surface area contributed by atoms with Gasteiger partial charge in [-0.15, -0.1) is 0 Å². The van der Waals surface area contributed by atoms with Crippen LogP contribution in [0.25, 0.3) is 5.69 Å². The third kappa shape index (κ3) is 1.71. The molecule has 1 atom stereocenters. The molecule has 26 heavy (non-hydrogen) atoms. The van der Waals surface area contributed by atoms with Crippen LogP contribution in [0.4, 0.5) is 5.69 Å². The van der Waals surface area contributed by atoms with Crippen molar-refractivity contribution in [1.29, 1.82) is 0 Å². The summed E-state index contributed by atoms with van der Waals surface area (Å²) in [5.41, 5.74) is 5.12. The average Bonchev–Trinajstić information content (AvgIpc) is 3.37. The summed E-state index contributed by atoms with van der Waals surface area (Å²) >= 11 is 0. The largest absolute Gasteiger partial charge is 0.338 e. The van der Waals surface area contributed by atoms with Crippen molar-refractivity contribution in [2.24, 2.45) is 4.99 Å². The Hall–Kier alpha value is -3.01. The van der Waals surface area contributed by atoms with Gasteiger partial charge in [-0.2, -0.15) is 0 Å². The Morgan fingerprint density at radius 2 is 1.69 bits per heavy atom. The van der Waals surface area contributed by atoms with Crippen molar-refractivity contribution in [2.75, 3.05) is 24.5 Å². The highest BCUT2D eigenvalue weighted by Gasteiger charge is 2.55. The highest BCUT2D eigenvalue weighted by molar-refractivity contribution is 6.03. The summed E-state index contributed by atoms with van der Waals surface area (Å²) in [6.45, 7) is 2.90. The molecular weight excluding hydrogens is 320 g/mol. The van der Waals surface area contributed by atoms with Crippen LogP contribution >= 0.6 is 0 Å². The summed E-state index contributed by atoms with van der Waals surface area (Å²) in [5, 5.41) is 0. The highest BCUT2D eigenvalue weighted by atomic mass is 15.5. The maximum atomic E-state index is 4.88. The van der Waals surface area contributed by atoms with E-state index < -0.39 is 0 Å². The third-order valence-electron chi connectivity index (χ3n) is 5.93. The molecule has 0 amide bonds. The fraction of sp³-hybridized carbons (Fsp3) is 0.227. The molecule has 1 unspecified atom stereocenters. The molecule has 0 aliphatic carbocycles. The van der Waals surface area contributed by atoms with Crippen LogP contribution in [0.5, 0.6) is 0 Å². The zero-order chi connectivity index (χ0) is 17.1. The predicted molar refractivity (Wildman–Crippen MR) is 104 cm³/mol. The Morgan fingerprint density at radius 3 is 2.58 bits per heavy atom. The second-order valence-electron chi connectivity index (χ2n) is 7.38. The van der Waals surface area contributed by atoms with Gasteiger partial charge >= 0.3 is 0 Å². The first-order chi connectivity index (χ1) is 12.9. The van der Waals surface area contributed by atoms with E-state index in [0.29, 0.717) is 0 Å². The molecule has 6 rings (SSSR count). The van der Waals surface area contributed by atoms with Gasteiger partial charge in [0.1, 0.15) is 5.54 Å². The zero-order valence-corrected chi connectivity index (χ0v) is 14.5. The van der Waals surface area contributed by atoms with E-state index in [1.54, 1.807) is 0 Å². The molecule has 0 radical (unpaired) electrons. The Morgan fingerprint density at radius 1 is 0.885 bits per heavy atom. The van der Waals surface area contributed by atoms with Gasteiger partial charge in [0.2, 0.25) is 5.96 Å². The number of rotatable bonds is 2. The molecule has 3 aliphatic rings. The van der Waals surface area contributed by atoms with Gasteiger partial charge in [-0.1, -0.05) is 42.5 Å². The summed E-state index contributed by atoms with van der Waals surface area (Å²) < 4.78 is 2.37. The lowest BCUT2D eigenvalue weighted by molar-refractivity contribution is 0.353. The van der Waals surface area contributed by atoms with Gasteiger partial charge in [0.05, 0.1) is 30.2 Å². The molecule has 0 spiro atoms. The lowest BCUT2D eigenvalue weighted by Gasteiger charge is -2.43. The second kappa shape index (κ2) is 5.01. The quantitative estimate of drug-likeness (QED) is 0.714. The fourth-order valence-electron chi connectivity index (χ4n) is 4.93. The van der Waals surface area contributed by atoms with Gasteiger partial charge in [-0.05, 0) is 29.8 Å². The Kier molecular flexibility index (Phi) is 2.73. The minimum atomic E-state index is -0.113. The summed E-state index contributed by atoms with van der Waals surface area (Å²) in [6, 6.07) is 24.0. The minimum Gasteiger partial charge on any atom is -0.338 e. The maximum Gasteiger partial charge on any atom is 0.202 e. The molecular formula is C22H20N4. The number of benzene rings is 2. The SMILES string of the molecule is c1ccc(CC23CN4CCN=C4N2c2ccccc2-n2cccc23)cc1. The minimum absolute atomic E-state index is 0.113. The molecule has 0 bridgehead atoms. The van der Waals surface area contributed by atoms with Gasteiger partial charge in [-0.25, -0.2) is 0 Å². The summed E-state index contributed by atoms with van der Waals surface area (Å²) in [7, 11) is 0. The number of hydrogen-bond acceptors (Lipinski definition) is 3. The molecule has 4 nitrogen and oxygen atoms in total. The monoisotopic (exact) mass is 340 g/mol. The van der Waals surface area contributed by atoms with Gasteiger partial charge in [0.25, 0.3) is 0 Å². The van der Waals surface area contributed by atoms with E-state index in [1.165, 1.54) is 22.6 Å². The smallest absolute Gasteiger partial charge is 0.202 e. The fourth-order valence-corrected chi connectivity index (χ4v) is 4.93. The number of anilines is 1. The molecule has 1 saturated heterocycles. The Balaban J connectivity index is 1.63. The van der Waals surface area contributed by atoms with Crippen LogP contribution in [0.2, 0.25) is 0 Å². The number of para-hydroxylation sites is 2. The van der Waals surface area contributed by atoms with Gasteiger partial charge < -0.3 is 9.47 Å². The number of aliphatic imine (C=N–C) groups is 1. The molecule has 1 aromatic heterocycles. The van der Waals surface area contributed by atoms with Crippen molar-refractivity contribution in [3.05, 3.63) is 84.2 Å². The van der Waals surface area contributed by atoms with E-state index in [9.17, 15) is 0 Å². The summed E-state index contributed by atoms with van der Waals surface area (Å²) in [4.78, 5) is 9.86. The van der Waals surface area contributed by atoms with Crippen molar-refractivity contribution in [1.82, 2.24) is 9.47 Å². The molecule has 0 saturated carbocycles. The van der Waals surface area contributed by atoms with Crippen molar-refractivity contribution in [3.8, 4) is 5.69 Å². The van der Waals surface area contributed by atoms with Crippen LogP contribution in [-0.4, -0.2) is 35.1 Å². The average molecular weight is 340 g/mol. The van der Waals surface area contributed by atoms with Crippen molar-refractivity contribution >= 4 is 11.6 Å². The van der Waals surface area contributed by atoms with E-state index in [-0.39, 0.29) is 5.54 Å². The van der Waals surface area contributed by atoms with E-state index in [2.05, 4.69) is 87.3 Å². The number of nitrogens with zero attached hydrogens (tertiary/aromatic N) is 4. The number of aromatic nitrogens is 1. The standard InChI is InChI=1S/C22H20N4/c1-2-7-17(8-3-1)15-22-16-24-14-12-23-21(24)26(22)19-10-5-4-9-18(19)25-13-6-11-20(22)25/h1-11,13H,12,14-16H2. The molecule has 128 valence electrons. The molecule has 3 aliphatic heterocycles. The normalized spacial score (nSPS) is 22.5. The summed E-state index contributed by atoms with van der Waals surface area (Å²) in [5.74, 6) is 1.14. The van der Waals surface area contributed by atoms with Crippen LogP contribution in [0, 0.1) is 0 Å². The van der Waals surface area contributed by atoms with Crippen molar-refractivity contribution < 1.29 is 0 Å².